The number of nitrogens with one attached hydrogen (secondary N) is 1. The molecular formula is C19H20N4O5S. The van der Waals surface area contributed by atoms with Gasteiger partial charge in [-0.1, -0.05) is 11.3 Å². The first kappa shape index (κ1) is 20.5. The van der Waals surface area contributed by atoms with Crippen LogP contribution in [0.15, 0.2) is 35.1 Å². The van der Waals surface area contributed by atoms with Crippen LogP contribution in [0.3, 0.4) is 0 Å². The van der Waals surface area contributed by atoms with E-state index in [0.29, 0.717) is 26.9 Å². The first-order chi connectivity index (χ1) is 13.6. The molecule has 0 aliphatic heterocycles. The van der Waals surface area contributed by atoms with Crippen LogP contribution in [0.5, 0.6) is 0 Å². The summed E-state index contributed by atoms with van der Waals surface area (Å²) in [4.78, 5) is 40.6. The Labute approximate surface area is 170 Å². The van der Waals surface area contributed by atoms with Gasteiger partial charge in [-0.25, -0.2) is 14.6 Å². The lowest BCUT2D eigenvalue weighted by molar-refractivity contribution is 0.0471. The number of nitrogens with zero attached hydrogens (tertiary/aromatic N) is 3. The molecule has 10 heteroatoms. The zero-order chi connectivity index (χ0) is 21.2. The van der Waals surface area contributed by atoms with Crippen molar-refractivity contribution in [2.75, 3.05) is 5.32 Å². The Morgan fingerprint density at radius 1 is 1.21 bits per heavy atom. The van der Waals surface area contributed by atoms with E-state index >= 15 is 0 Å². The van der Waals surface area contributed by atoms with Crippen LogP contribution in [0.2, 0.25) is 0 Å². The number of aryl methyl sites for hydroxylation is 1. The van der Waals surface area contributed by atoms with E-state index in [1.807, 2.05) is 0 Å². The predicted octanol–water partition coefficient (Wildman–Crippen LogP) is 3.16. The van der Waals surface area contributed by atoms with E-state index < -0.39 is 17.7 Å². The fraction of sp³-hybridized carbons (Fsp3) is 0.316. The molecule has 9 nitrogen and oxygen atoms in total. The van der Waals surface area contributed by atoms with Crippen LogP contribution in [0.1, 0.15) is 41.8 Å². The van der Waals surface area contributed by atoms with Crippen LogP contribution in [-0.2, 0) is 16.1 Å². The lowest BCUT2D eigenvalue weighted by Crippen LogP contribution is -2.27. The number of amides is 1. The normalized spacial score (nSPS) is 11.3. The fourth-order valence-electron chi connectivity index (χ4n) is 2.34. The van der Waals surface area contributed by atoms with Crippen LogP contribution < -0.4 is 10.9 Å². The number of carbonyl (C=O) groups is 2. The number of hydrogen-bond acceptors (Lipinski definition) is 8. The Bertz CT molecular complexity index is 1110. The second-order valence-corrected chi connectivity index (χ2v) is 8.25. The van der Waals surface area contributed by atoms with Crippen molar-refractivity contribution in [1.82, 2.24) is 14.6 Å². The third-order valence-corrected chi connectivity index (χ3v) is 4.39. The number of ether oxygens (including phenoxy) is 2. The predicted molar refractivity (Wildman–Crippen MR) is 107 cm³/mol. The average Bonchev–Trinajstić information content (AvgIpc) is 3.02. The van der Waals surface area contributed by atoms with Crippen molar-refractivity contribution in [1.29, 1.82) is 0 Å². The minimum atomic E-state index is -0.603. The van der Waals surface area contributed by atoms with Gasteiger partial charge in [-0.15, -0.1) is 0 Å². The molecule has 0 bridgehead atoms. The third-order valence-electron chi connectivity index (χ3n) is 3.51. The molecule has 0 atom stereocenters. The fourth-order valence-corrected chi connectivity index (χ4v) is 3.20. The largest absolute Gasteiger partial charge is 0.455 e. The minimum Gasteiger partial charge on any atom is -0.455 e. The summed E-state index contributed by atoms with van der Waals surface area (Å²) in [5.74, 6) is -0.551. The molecule has 1 aromatic carbocycles. The zero-order valence-corrected chi connectivity index (χ0v) is 17.2. The van der Waals surface area contributed by atoms with Gasteiger partial charge in [0.2, 0.25) is 4.96 Å². The van der Waals surface area contributed by atoms with Crippen molar-refractivity contribution in [3.05, 3.63) is 57.0 Å². The lowest BCUT2D eigenvalue weighted by Gasteiger charge is -2.19. The van der Waals surface area contributed by atoms with Gasteiger partial charge < -0.3 is 9.47 Å². The van der Waals surface area contributed by atoms with Crippen molar-refractivity contribution in [2.24, 2.45) is 0 Å². The average molecular weight is 416 g/mol. The van der Waals surface area contributed by atoms with Crippen LogP contribution in [0.25, 0.3) is 4.96 Å². The maximum absolute atomic E-state index is 12.2. The summed E-state index contributed by atoms with van der Waals surface area (Å²) in [5, 5.41) is 7.16. The van der Waals surface area contributed by atoms with Crippen LogP contribution in [0, 0.1) is 6.92 Å². The Morgan fingerprint density at radius 2 is 1.90 bits per heavy atom. The number of benzene rings is 1. The molecule has 0 saturated carbocycles. The van der Waals surface area contributed by atoms with Crippen molar-refractivity contribution >= 4 is 34.0 Å². The molecule has 0 radical (unpaired) electrons. The summed E-state index contributed by atoms with van der Waals surface area (Å²) in [6.07, 6.45) is -0.581. The number of anilines is 1. The number of hydrogen-bond donors (Lipinski definition) is 1. The highest BCUT2D eigenvalue weighted by Crippen LogP contribution is 2.16. The quantitative estimate of drug-likeness (QED) is 0.650. The van der Waals surface area contributed by atoms with E-state index in [1.165, 1.54) is 34.1 Å². The van der Waals surface area contributed by atoms with Gasteiger partial charge in [0.15, 0.2) is 5.01 Å². The highest BCUT2D eigenvalue weighted by Gasteiger charge is 2.16. The van der Waals surface area contributed by atoms with Crippen LogP contribution >= 0.6 is 11.3 Å². The summed E-state index contributed by atoms with van der Waals surface area (Å²) in [5.41, 5.74) is 0.514. The summed E-state index contributed by atoms with van der Waals surface area (Å²) >= 11 is 1.18. The number of esters is 1. The first-order valence-corrected chi connectivity index (χ1v) is 9.56. The van der Waals surface area contributed by atoms with E-state index in [-0.39, 0.29) is 12.2 Å². The Hall–Kier alpha value is -3.27. The Balaban J connectivity index is 1.60. The first-order valence-electron chi connectivity index (χ1n) is 8.74. The molecule has 2 heterocycles. The number of aromatic nitrogens is 3. The van der Waals surface area contributed by atoms with Crippen LogP contribution in [-0.4, -0.2) is 32.3 Å². The molecule has 29 heavy (non-hydrogen) atoms. The van der Waals surface area contributed by atoms with Crippen LogP contribution in [0.4, 0.5) is 10.5 Å². The van der Waals surface area contributed by atoms with Crippen molar-refractivity contribution in [3.8, 4) is 0 Å². The zero-order valence-electron chi connectivity index (χ0n) is 16.4. The second kappa shape index (κ2) is 8.00. The third kappa shape index (κ3) is 5.38. The van der Waals surface area contributed by atoms with Gasteiger partial charge in [0.05, 0.1) is 5.56 Å². The minimum absolute atomic E-state index is 0.0801. The molecule has 3 aromatic rings. The SMILES string of the molecule is Cc1cc(=O)n2nc(COC(=O)c3ccc(NC(=O)OC(C)(C)C)cc3)sc2n1. The summed E-state index contributed by atoms with van der Waals surface area (Å²) < 4.78 is 11.6. The highest BCUT2D eigenvalue weighted by molar-refractivity contribution is 7.16. The van der Waals surface area contributed by atoms with Gasteiger partial charge in [0.1, 0.15) is 12.2 Å². The van der Waals surface area contributed by atoms with Gasteiger partial charge in [0, 0.05) is 17.4 Å². The molecule has 2 aromatic heterocycles. The van der Waals surface area contributed by atoms with Gasteiger partial charge in [-0.3, -0.25) is 10.1 Å². The number of carbonyl (C=O) groups excluding carboxylic acids is 2. The summed E-state index contributed by atoms with van der Waals surface area (Å²) in [7, 11) is 0. The van der Waals surface area contributed by atoms with E-state index in [1.54, 1.807) is 39.8 Å². The van der Waals surface area contributed by atoms with Crippen molar-refractivity contribution in [3.63, 3.8) is 0 Å². The standard InChI is InChI=1S/C19H20N4O5S/c1-11-9-15(24)23-17(20-11)29-14(22-23)10-27-16(25)12-5-7-13(8-6-12)21-18(26)28-19(2,3)4/h5-9H,10H2,1-4H3,(H,21,26). The van der Waals surface area contributed by atoms with Crippen molar-refractivity contribution < 1.29 is 19.1 Å². The molecule has 0 aliphatic carbocycles. The monoisotopic (exact) mass is 416 g/mol. The highest BCUT2D eigenvalue weighted by atomic mass is 32.1. The van der Waals surface area contributed by atoms with Gasteiger partial charge >= 0.3 is 12.1 Å². The van der Waals surface area contributed by atoms with Gasteiger partial charge in [0.25, 0.3) is 5.56 Å². The van der Waals surface area contributed by atoms with E-state index in [9.17, 15) is 14.4 Å². The van der Waals surface area contributed by atoms with Crippen molar-refractivity contribution in [2.45, 2.75) is 39.9 Å². The van der Waals surface area contributed by atoms with E-state index in [4.69, 9.17) is 9.47 Å². The number of fused-ring (bicyclic) bond motifs is 1. The maximum Gasteiger partial charge on any atom is 0.412 e. The lowest BCUT2D eigenvalue weighted by atomic mass is 10.2. The summed E-state index contributed by atoms with van der Waals surface area (Å²) in [6, 6.07) is 7.59. The van der Waals surface area contributed by atoms with Gasteiger partial charge in [-0.05, 0) is 52.0 Å². The second-order valence-electron chi connectivity index (χ2n) is 7.21. The molecule has 0 saturated heterocycles. The molecule has 3 rings (SSSR count). The number of rotatable bonds is 4. The Kier molecular flexibility index (Phi) is 5.64. The smallest absolute Gasteiger partial charge is 0.412 e. The topological polar surface area (TPSA) is 112 Å². The van der Waals surface area contributed by atoms with E-state index in [0.717, 1.165) is 0 Å². The van der Waals surface area contributed by atoms with E-state index in [2.05, 4.69) is 15.4 Å². The Morgan fingerprint density at radius 3 is 2.55 bits per heavy atom. The molecule has 152 valence electrons. The molecule has 0 unspecified atom stereocenters. The molecular weight excluding hydrogens is 396 g/mol. The van der Waals surface area contributed by atoms with Gasteiger partial charge in [-0.2, -0.15) is 9.61 Å². The molecule has 0 fully saturated rings. The molecule has 0 spiro atoms. The molecule has 1 amide bonds. The molecule has 1 N–H and O–H groups in total. The summed E-state index contributed by atoms with van der Waals surface area (Å²) in [6.45, 7) is 6.95. The molecule has 0 aliphatic rings. The maximum atomic E-state index is 12.2.